The molecular weight excluding hydrogens is 402 g/mol. The van der Waals surface area contributed by atoms with E-state index in [2.05, 4.69) is 27.5 Å². The van der Waals surface area contributed by atoms with Crippen molar-refractivity contribution >= 4 is 43.0 Å². The van der Waals surface area contributed by atoms with Crippen LogP contribution < -0.4 is 4.72 Å². The summed E-state index contributed by atoms with van der Waals surface area (Å²) in [6, 6.07) is 19.9. The van der Waals surface area contributed by atoms with Crippen molar-refractivity contribution < 1.29 is 8.42 Å². The van der Waals surface area contributed by atoms with Crippen LogP contribution in [0.5, 0.6) is 0 Å². The first-order chi connectivity index (χ1) is 13.9. The van der Waals surface area contributed by atoms with E-state index in [0.717, 1.165) is 20.8 Å². The van der Waals surface area contributed by atoms with Crippen molar-refractivity contribution in [2.75, 3.05) is 4.72 Å². The van der Waals surface area contributed by atoms with Crippen LogP contribution in [-0.4, -0.2) is 13.4 Å². The molecule has 7 heteroatoms. The van der Waals surface area contributed by atoms with Crippen LogP contribution in [0.15, 0.2) is 66.7 Å². The summed E-state index contributed by atoms with van der Waals surface area (Å²) in [6.07, 6.45) is 0. The zero-order chi connectivity index (χ0) is 20.4. The van der Waals surface area contributed by atoms with Gasteiger partial charge in [-0.3, -0.25) is 4.72 Å². The van der Waals surface area contributed by atoms with Crippen molar-refractivity contribution in [2.24, 2.45) is 0 Å². The van der Waals surface area contributed by atoms with Crippen LogP contribution in [0.3, 0.4) is 0 Å². The third-order valence-corrected chi connectivity index (χ3v) is 6.70. The molecule has 144 valence electrons. The second-order valence-corrected chi connectivity index (χ2v) is 9.46. The average Bonchev–Trinajstić information content (AvgIpc) is 3.11. The molecule has 0 saturated heterocycles. The van der Waals surface area contributed by atoms with Gasteiger partial charge in [0.15, 0.2) is 5.69 Å². The lowest BCUT2D eigenvalue weighted by atomic mass is 10.2. The Hall–Kier alpha value is -3.21. The molecule has 0 amide bonds. The van der Waals surface area contributed by atoms with E-state index in [-0.39, 0.29) is 5.75 Å². The summed E-state index contributed by atoms with van der Waals surface area (Å²) in [5.74, 6) is -0.149. The van der Waals surface area contributed by atoms with Crippen LogP contribution in [0.1, 0.15) is 11.1 Å². The quantitative estimate of drug-likeness (QED) is 0.418. The fourth-order valence-electron chi connectivity index (χ4n) is 2.94. The topological polar surface area (TPSA) is 63.4 Å². The molecule has 0 bridgehead atoms. The minimum Gasteiger partial charge on any atom is -0.283 e. The first-order valence-corrected chi connectivity index (χ1v) is 11.3. The number of nitrogens with one attached hydrogen (secondary N) is 1. The number of thiazole rings is 1. The van der Waals surface area contributed by atoms with Gasteiger partial charge in [-0.2, -0.15) is 0 Å². The summed E-state index contributed by atoms with van der Waals surface area (Å²) >= 11 is 1.62. The first kappa shape index (κ1) is 19.1. The molecule has 1 aromatic heterocycles. The number of fused-ring (bicyclic) bond motifs is 1. The largest absolute Gasteiger partial charge is 0.283 e. The van der Waals surface area contributed by atoms with Crippen molar-refractivity contribution in [3.63, 3.8) is 0 Å². The maximum Gasteiger partial charge on any atom is 0.236 e. The predicted octanol–water partition coefficient (Wildman–Crippen LogP) is 5.76. The van der Waals surface area contributed by atoms with Gasteiger partial charge in [0, 0.05) is 11.3 Å². The number of benzene rings is 3. The number of sulfonamides is 1. The van der Waals surface area contributed by atoms with Gasteiger partial charge in [-0.05, 0) is 54.4 Å². The second-order valence-electron chi connectivity index (χ2n) is 6.71. The summed E-state index contributed by atoms with van der Waals surface area (Å²) in [6.45, 7) is 9.01. The number of hydrogen-bond acceptors (Lipinski definition) is 4. The number of nitrogens with zero attached hydrogens (tertiary/aromatic N) is 2. The molecule has 29 heavy (non-hydrogen) atoms. The third kappa shape index (κ3) is 4.45. The molecule has 0 atom stereocenters. The van der Waals surface area contributed by atoms with E-state index in [4.69, 9.17) is 6.57 Å². The van der Waals surface area contributed by atoms with E-state index < -0.39 is 10.0 Å². The van der Waals surface area contributed by atoms with Crippen LogP contribution in [0.4, 0.5) is 11.4 Å². The summed E-state index contributed by atoms with van der Waals surface area (Å²) in [7, 11) is -3.55. The molecule has 0 saturated carbocycles. The molecule has 1 heterocycles. The molecule has 0 aliphatic carbocycles. The maximum atomic E-state index is 12.4. The van der Waals surface area contributed by atoms with Gasteiger partial charge in [-0.15, -0.1) is 11.3 Å². The fraction of sp³-hybridized carbons (Fsp3) is 0.0909. The molecule has 1 N–H and O–H groups in total. The third-order valence-electron chi connectivity index (χ3n) is 4.37. The molecule has 0 radical (unpaired) electrons. The van der Waals surface area contributed by atoms with Crippen LogP contribution in [0, 0.1) is 13.5 Å². The number of aryl methyl sites for hydroxylation is 1. The lowest BCUT2D eigenvalue weighted by Gasteiger charge is -2.09. The van der Waals surface area contributed by atoms with Crippen molar-refractivity contribution in [3.05, 3.63) is 89.3 Å². The molecule has 4 rings (SSSR count). The van der Waals surface area contributed by atoms with Crippen LogP contribution in [0.25, 0.3) is 25.6 Å². The van der Waals surface area contributed by atoms with Crippen LogP contribution in [-0.2, 0) is 15.8 Å². The van der Waals surface area contributed by atoms with Gasteiger partial charge in [0.2, 0.25) is 10.0 Å². The molecule has 5 nitrogen and oxygen atoms in total. The van der Waals surface area contributed by atoms with E-state index in [1.165, 1.54) is 5.56 Å². The smallest absolute Gasteiger partial charge is 0.236 e. The predicted molar refractivity (Wildman–Crippen MR) is 119 cm³/mol. The lowest BCUT2D eigenvalue weighted by Crippen LogP contribution is -2.14. The Kier molecular flexibility index (Phi) is 5.05. The number of aromatic nitrogens is 1. The van der Waals surface area contributed by atoms with E-state index in [9.17, 15) is 8.42 Å². The van der Waals surface area contributed by atoms with Crippen molar-refractivity contribution in [2.45, 2.75) is 12.7 Å². The standard InChI is InChI=1S/C22H17N3O2S2/c1-15-3-12-20-21(13-15)28-22(24-20)17-6-10-19(11-7-17)25-29(26,27)14-16-4-8-18(23-2)9-5-16/h3-13,25H,14H2,1H3. The zero-order valence-corrected chi connectivity index (χ0v) is 17.2. The highest BCUT2D eigenvalue weighted by Gasteiger charge is 2.13. The average molecular weight is 420 g/mol. The molecule has 0 unspecified atom stereocenters. The van der Waals surface area contributed by atoms with Gasteiger partial charge in [0.25, 0.3) is 0 Å². The Labute approximate surface area is 173 Å². The Bertz CT molecular complexity index is 1320. The Balaban J connectivity index is 1.50. The highest BCUT2D eigenvalue weighted by molar-refractivity contribution is 7.91. The van der Waals surface area contributed by atoms with E-state index in [0.29, 0.717) is 16.9 Å². The molecule has 4 aromatic rings. The van der Waals surface area contributed by atoms with Gasteiger partial charge < -0.3 is 0 Å². The van der Waals surface area contributed by atoms with Crippen molar-refractivity contribution in [3.8, 4) is 10.6 Å². The maximum absolute atomic E-state index is 12.4. The Morgan fingerprint density at radius 3 is 2.45 bits per heavy atom. The number of anilines is 1. The van der Waals surface area contributed by atoms with Gasteiger partial charge >= 0.3 is 0 Å². The molecule has 0 aliphatic heterocycles. The summed E-state index contributed by atoms with van der Waals surface area (Å²) in [4.78, 5) is 7.96. The Morgan fingerprint density at radius 1 is 1.03 bits per heavy atom. The molecule has 0 spiro atoms. The SMILES string of the molecule is [C-]#[N+]c1ccc(CS(=O)(=O)Nc2ccc(-c3nc4ccc(C)cc4s3)cc2)cc1. The summed E-state index contributed by atoms with van der Waals surface area (Å²) < 4.78 is 28.6. The highest BCUT2D eigenvalue weighted by Crippen LogP contribution is 2.31. The van der Waals surface area contributed by atoms with Crippen LogP contribution in [0.2, 0.25) is 0 Å². The lowest BCUT2D eigenvalue weighted by molar-refractivity contribution is 0.600. The van der Waals surface area contributed by atoms with Crippen molar-refractivity contribution in [1.29, 1.82) is 0 Å². The van der Waals surface area contributed by atoms with Gasteiger partial charge in [-0.1, -0.05) is 30.3 Å². The van der Waals surface area contributed by atoms with E-state index >= 15 is 0 Å². The normalized spacial score (nSPS) is 11.3. The van der Waals surface area contributed by atoms with Crippen LogP contribution >= 0.6 is 11.3 Å². The fourth-order valence-corrected chi connectivity index (χ4v) is 5.21. The van der Waals surface area contributed by atoms with E-state index in [1.807, 2.05) is 24.3 Å². The monoisotopic (exact) mass is 419 g/mol. The molecular formula is C22H17N3O2S2. The Morgan fingerprint density at radius 2 is 1.76 bits per heavy atom. The first-order valence-electron chi connectivity index (χ1n) is 8.86. The summed E-state index contributed by atoms with van der Waals surface area (Å²) in [5, 5.41) is 0.903. The second kappa shape index (κ2) is 7.66. The minimum absolute atomic E-state index is 0.149. The zero-order valence-electron chi connectivity index (χ0n) is 15.6. The number of hydrogen-bond donors (Lipinski definition) is 1. The van der Waals surface area contributed by atoms with E-state index in [1.54, 1.807) is 47.7 Å². The molecule has 0 fully saturated rings. The van der Waals surface area contributed by atoms with Crippen molar-refractivity contribution in [1.82, 2.24) is 4.98 Å². The molecule has 0 aliphatic rings. The minimum atomic E-state index is -3.55. The molecule has 3 aromatic carbocycles. The van der Waals surface area contributed by atoms with Gasteiger partial charge in [-0.25, -0.2) is 18.2 Å². The number of rotatable bonds is 5. The van der Waals surface area contributed by atoms with Gasteiger partial charge in [0.1, 0.15) is 5.01 Å². The highest BCUT2D eigenvalue weighted by atomic mass is 32.2. The summed E-state index contributed by atoms with van der Waals surface area (Å²) in [5.41, 5.74) is 4.72. The van der Waals surface area contributed by atoms with Gasteiger partial charge in [0.05, 0.1) is 22.5 Å².